The lowest BCUT2D eigenvalue weighted by Gasteiger charge is -2.23. The largest absolute Gasteiger partial charge is 0.464 e. The monoisotopic (exact) mass is 511 g/mol. The van der Waals surface area contributed by atoms with Crippen LogP contribution in [-0.2, 0) is 19.6 Å². The molecule has 1 N–H and O–H groups in total. The molecular formula is C20H22BrN3O6S. The molecule has 9 nitrogen and oxygen atoms in total. The zero-order valence-corrected chi connectivity index (χ0v) is 19.4. The molecule has 1 saturated heterocycles. The molecule has 1 fully saturated rings. The Morgan fingerprint density at radius 1 is 1.29 bits per heavy atom. The minimum absolute atomic E-state index is 0.00837. The Morgan fingerprint density at radius 3 is 2.58 bits per heavy atom. The summed E-state index contributed by atoms with van der Waals surface area (Å²) in [5, 5.41) is 0. The second-order valence-electron chi connectivity index (χ2n) is 7.28. The van der Waals surface area contributed by atoms with Crippen LogP contribution < -0.4 is 11.2 Å². The van der Waals surface area contributed by atoms with Gasteiger partial charge in [-0.3, -0.25) is 19.1 Å². The van der Waals surface area contributed by atoms with E-state index in [-0.39, 0.29) is 30.0 Å². The highest BCUT2D eigenvalue weighted by atomic mass is 79.9. The van der Waals surface area contributed by atoms with E-state index in [1.807, 2.05) is 6.92 Å². The lowest BCUT2D eigenvalue weighted by Crippen LogP contribution is -2.39. The van der Waals surface area contributed by atoms with Crippen molar-refractivity contribution >= 4 is 38.0 Å². The highest BCUT2D eigenvalue weighted by Crippen LogP contribution is 2.32. The first kappa shape index (κ1) is 23.2. The molecule has 0 bridgehead atoms. The van der Waals surface area contributed by atoms with Crippen LogP contribution in [0.25, 0.3) is 6.08 Å². The number of benzene rings is 1. The fourth-order valence-corrected chi connectivity index (χ4v) is 5.47. The predicted molar refractivity (Wildman–Crippen MR) is 118 cm³/mol. The third-order valence-electron chi connectivity index (χ3n) is 5.08. The van der Waals surface area contributed by atoms with Crippen LogP contribution in [0.1, 0.15) is 30.5 Å². The Hall–Kier alpha value is -2.50. The van der Waals surface area contributed by atoms with Gasteiger partial charge in [0, 0.05) is 19.7 Å². The van der Waals surface area contributed by atoms with Crippen LogP contribution in [0, 0.1) is 6.92 Å². The fraction of sp³-hybridized carbons (Fsp3) is 0.350. The second-order valence-corrected chi connectivity index (χ2v) is 9.70. The number of rotatable bonds is 6. The molecule has 3 rings (SSSR count). The minimum Gasteiger partial charge on any atom is -0.464 e. The number of aryl methyl sites for hydroxylation is 1. The van der Waals surface area contributed by atoms with Crippen LogP contribution in [0.15, 0.2) is 49.9 Å². The van der Waals surface area contributed by atoms with Gasteiger partial charge in [0.05, 0.1) is 22.5 Å². The molecule has 0 aliphatic carbocycles. The number of hydrogen-bond acceptors (Lipinski definition) is 6. The fourth-order valence-electron chi connectivity index (χ4n) is 3.53. The lowest BCUT2D eigenvalue weighted by atomic mass is 10.1. The lowest BCUT2D eigenvalue weighted by molar-refractivity contribution is -0.142. The molecule has 1 aliphatic rings. The van der Waals surface area contributed by atoms with E-state index in [1.165, 1.54) is 45.2 Å². The summed E-state index contributed by atoms with van der Waals surface area (Å²) in [4.78, 5) is 39.6. The Kier molecular flexibility index (Phi) is 6.97. The van der Waals surface area contributed by atoms with Crippen molar-refractivity contribution < 1.29 is 17.9 Å². The van der Waals surface area contributed by atoms with E-state index in [0.717, 1.165) is 5.56 Å². The maximum atomic E-state index is 13.3. The number of H-pyrrole nitrogens is 1. The van der Waals surface area contributed by atoms with Crippen molar-refractivity contribution in [3.05, 3.63) is 67.4 Å². The molecule has 0 radical (unpaired) electrons. The molecule has 11 heteroatoms. The minimum atomic E-state index is -3.90. The van der Waals surface area contributed by atoms with Crippen molar-refractivity contribution in [2.24, 2.45) is 0 Å². The second kappa shape index (κ2) is 9.33. The number of carbonyl (C=O) groups is 1. The van der Waals surface area contributed by atoms with Crippen molar-refractivity contribution in [2.45, 2.75) is 37.2 Å². The van der Waals surface area contributed by atoms with Gasteiger partial charge >= 0.3 is 11.7 Å². The van der Waals surface area contributed by atoms with Crippen molar-refractivity contribution in [2.75, 3.05) is 13.2 Å². The number of aromatic amines is 1. The quantitative estimate of drug-likeness (QED) is 0.590. The van der Waals surface area contributed by atoms with Gasteiger partial charge in [0.2, 0.25) is 10.0 Å². The molecular weight excluding hydrogens is 490 g/mol. The first-order valence-electron chi connectivity index (χ1n) is 9.47. The average Bonchev–Trinajstić information content (AvgIpc) is 3.14. The van der Waals surface area contributed by atoms with Crippen LogP contribution in [0.2, 0.25) is 0 Å². The number of esters is 1. The predicted octanol–water partition coefficient (Wildman–Crippen LogP) is 1.78. The van der Waals surface area contributed by atoms with Gasteiger partial charge in [-0.25, -0.2) is 13.2 Å². The molecule has 2 atom stereocenters. The normalized spacial score (nSPS) is 19.7. The van der Waals surface area contributed by atoms with Gasteiger partial charge in [0.15, 0.2) is 0 Å². The summed E-state index contributed by atoms with van der Waals surface area (Å²) in [6.07, 6.45) is 3.12. The van der Waals surface area contributed by atoms with E-state index in [1.54, 1.807) is 12.1 Å². The van der Waals surface area contributed by atoms with Crippen molar-refractivity contribution in [1.82, 2.24) is 13.9 Å². The number of halogens is 1. The molecule has 1 aromatic carbocycles. The summed E-state index contributed by atoms with van der Waals surface area (Å²) in [6.45, 7) is 2.96. The van der Waals surface area contributed by atoms with Gasteiger partial charge in [-0.05, 0) is 36.5 Å². The Bertz CT molecular complexity index is 1220. The molecule has 0 spiro atoms. The number of sulfonamides is 1. The zero-order chi connectivity index (χ0) is 22.8. The molecule has 0 amide bonds. The molecule has 2 heterocycles. The van der Waals surface area contributed by atoms with Gasteiger partial charge in [0.25, 0.3) is 5.56 Å². The maximum absolute atomic E-state index is 13.3. The third-order valence-corrected chi connectivity index (χ3v) is 7.28. The highest BCUT2D eigenvalue weighted by Gasteiger charge is 2.42. The van der Waals surface area contributed by atoms with Gasteiger partial charge in [-0.1, -0.05) is 33.6 Å². The number of nitrogens with zero attached hydrogens (tertiary/aromatic N) is 2. The number of aromatic nitrogens is 2. The first-order valence-corrected chi connectivity index (χ1v) is 11.8. The van der Waals surface area contributed by atoms with Crippen LogP contribution in [-0.4, -0.2) is 47.4 Å². The number of nitrogens with one attached hydrogen (secondary N) is 1. The number of hydrogen-bond donors (Lipinski definition) is 1. The van der Waals surface area contributed by atoms with Crippen molar-refractivity contribution in [3.63, 3.8) is 0 Å². The van der Waals surface area contributed by atoms with Crippen LogP contribution in [0.3, 0.4) is 0 Å². The average molecular weight is 512 g/mol. The van der Waals surface area contributed by atoms with E-state index in [9.17, 15) is 22.8 Å². The van der Waals surface area contributed by atoms with Crippen molar-refractivity contribution in [3.8, 4) is 0 Å². The van der Waals surface area contributed by atoms with Gasteiger partial charge in [0.1, 0.15) is 6.61 Å². The molecule has 0 saturated carbocycles. The molecule has 1 aromatic heterocycles. The molecule has 31 heavy (non-hydrogen) atoms. The van der Waals surface area contributed by atoms with E-state index in [2.05, 4.69) is 20.9 Å². The Morgan fingerprint density at radius 2 is 1.97 bits per heavy atom. The summed E-state index contributed by atoms with van der Waals surface area (Å²) in [5.41, 5.74) is -0.0205. The van der Waals surface area contributed by atoms with E-state index < -0.39 is 39.3 Å². The van der Waals surface area contributed by atoms with Gasteiger partial charge < -0.3 is 4.74 Å². The third kappa shape index (κ3) is 5.05. The van der Waals surface area contributed by atoms with Crippen molar-refractivity contribution in [1.29, 1.82) is 0 Å². The van der Waals surface area contributed by atoms with E-state index >= 15 is 0 Å². The zero-order valence-electron chi connectivity index (χ0n) is 16.9. The smallest absolute Gasteiger partial charge is 0.328 e. The summed E-state index contributed by atoms with van der Waals surface area (Å²) >= 11 is 3.10. The first-order chi connectivity index (χ1) is 14.6. The summed E-state index contributed by atoms with van der Waals surface area (Å²) in [7, 11) is -3.90. The van der Waals surface area contributed by atoms with Crippen LogP contribution in [0.5, 0.6) is 0 Å². The Balaban J connectivity index is 2.01. The highest BCUT2D eigenvalue weighted by molar-refractivity contribution is 9.11. The number of carbonyl (C=O) groups excluding carboxylic acids is 1. The number of ether oxygens (including phenoxy) is 1. The molecule has 0 unspecified atom stereocenters. The molecule has 1 aliphatic heterocycles. The molecule has 166 valence electrons. The van der Waals surface area contributed by atoms with E-state index in [4.69, 9.17) is 4.74 Å². The van der Waals surface area contributed by atoms with Crippen LogP contribution in [0.4, 0.5) is 0 Å². The summed E-state index contributed by atoms with van der Waals surface area (Å²) in [5.74, 6) is -0.526. The van der Waals surface area contributed by atoms with E-state index in [0.29, 0.717) is 0 Å². The van der Waals surface area contributed by atoms with Gasteiger partial charge in [-0.2, -0.15) is 4.31 Å². The Labute approximate surface area is 187 Å². The standard InChI is InChI=1S/C20H22BrN3O6S/c1-13-3-5-18(6-4-13)31(28,29)24-11-16(9-17(24)12-30-14(2)25)23-10-15(7-8-21)19(26)22-20(23)27/h3-8,10,16-17H,9,11-12H2,1-2H3,(H,22,26,27)/b8-7+/t16-,17-/m0/s1. The topological polar surface area (TPSA) is 119 Å². The SMILES string of the molecule is CC(=O)OC[C@@H]1C[C@H](n2cc(/C=C/Br)c(=O)[nH]c2=O)CN1S(=O)(=O)c1ccc(C)cc1. The molecule has 2 aromatic rings. The maximum Gasteiger partial charge on any atom is 0.328 e. The van der Waals surface area contributed by atoms with Gasteiger partial charge in [-0.15, -0.1) is 0 Å². The summed E-state index contributed by atoms with van der Waals surface area (Å²) in [6, 6.07) is 5.24. The summed E-state index contributed by atoms with van der Waals surface area (Å²) < 4.78 is 34.3. The van der Waals surface area contributed by atoms with Crippen LogP contribution >= 0.6 is 15.9 Å².